The van der Waals surface area contributed by atoms with E-state index in [2.05, 4.69) is 5.32 Å². The second-order valence-corrected chi connectivity index (χ2v) is 4.76. The number of nitrogens with one attached hydrogen (secondary N) is 1. The van der Waals surface area contributed by atoms with Crippen LogP contribution in [0.2, 0.25) is 0 Å². The van der Waals surface area contributed by atoms with Gasteiger partial charge >= 0.3 is 0 Å². The Morgan fingerprint density at radius 1 is 1.53 bits per heavy atom. The zero-order valence-corrected chi connectivity index (χ0v) is 11.7. The highest BCUT2D eigenvalue weighted by atomic mass is 16.5. The van der Waals surface area contributed by atoms with E-state index in [4.69, 9.17) is 10.5 Å². The van der Waals surface area contributed by atoms with Crippen LogP contribution < -0.4 is 15.8 Å². The van der Waals surface area contributed by atoms with Gasteiger partial charge in [-0.25, -0.2) is 0 Å². The van der Waals surface area contributed by atoms with Gasteiger partial charge < -0.3 is 20.9 Å². The number of rotatable bonds is 6. The number of benzene rings is 1. The highest BCUT2D eigenvalue weighted by molar-refractivity contribution is 5.98. The van der Waals surface area contributed by atoms with E-state index >= 15 is 0 Å². The molecule has 5 heteroatoms. The number of phenolic OH excluding ortho intramolecular Hbond substituents is 1. The van der Waals surface area contributed by atoms with Gasteiger partial charge in [-0.2, -0.15) is 0 Å². The van der Waals surface area contributed by atoms with Crippen LogP contribution in [0.25, 0.3) is 0 Å². The molecule has 0 saturated carbocycles. The average Bonchev–Trinajstić information content (AvgIpc) is 2.39. The molecule has 1 aromatic carbocycles. The topological polar surface area (TPSA) is 84.6 Å². The maximum Gasteiger partial charge on any atom is 0.255 e. The van der Waals surface area contributed by atoms with Crippen LogP contribution in [-0.4, -0.2) is 30.2 Å². The molecule has 19 heavy (non-hydrogen) atoms. The molecule has 0 fully saturated rings. The van der Waals surface area contributed by atoms with Gasteiger partial charge in [0.15, 0.2) is 11.5 Å². The van der Waals surface area contributed by atoms with Crippen LogP contribution in [0.15, 0.2) is 18.2 Å². The van der Waals surface area contributed by atoms with Crippen LogP contribution in [0, 0.1) is 0 Å². The lowest BCUT2D eigenvalue weighted by atomic mass is 9.94. The summed E-state index contributed by atoms with van der Waals surface area (Å²) in [5.74, 6) is -0.187. The summed E-state index contributed by atoms with van der Waals surface area (Å²) in [5.41, 5.74) is 5.39. The van der Waals surface area contributed by atoms with Crippen molar-refractivity contribution in [3.8, 4) is 11.5 Å². The van der Waals surface area contributed by atoms with Crippen LogP contribution in [0.5, 0.6) is 11.5 Å². The maximum atomic E-state index is 12.2. The molecule has 0 radical (unpaired) electrons. The Labute approximate surface area is 113 Å². The number of amides is 1. The number of hydrogen-bond acceptors (Lipinski definition) is 4. The number of nitrogens with two attached hydrogens (primary N) is 1. The third-order valence-corrected chi connectivity index (χ3v) is 3.36. The predicted molar refractivity (Wildman–Crippen MR) is 74.5 cm³/mol. The molecule has 1 amide bonds. The molecule has 1 rings (SSSR count). The molecule has 5 nitrogen and oxygen atoms in total. The van der Waals surface area contributed by atoms with E-state index in [1.807, 2.05) is 13.8 Å². The zero-order chi connectivity index (χ0) is 14.5. The van der Waals surface area contributed by atoms with E-state index in [-0.39, 0.29) is 28.5 Å². The van der Waals surface area contributed by atoms with Gasteiger partial charge in [0.1, 0.15) is 0 Å². The Kier molecular flexibility index (Phi) is 5.18. The SMILES string of the molecule is CCC(C)(CCN)NC(=O)c1cccc(OC)c1O. The molecule has 1 unspecified atom stereocenters. The van der Waals surface area contributed by atoms with Crippen molar-refractivity contribution in [1.82, 2.24) is 5.32 Å². The summed E-state index contributed by atoms with van der Waals surface area (Å²) in [6.45, 7) is 4.42. The Bertz CT molecular complexity index is 448. The van der Waals surface area contributed by atoms with Crippen molar-refractivity contribution in [2.45, 2.75) is 32.2 Å². The van der Waals surface area contributed by atoms with Crippen LogP contribution >= 0.6 is 0 Å². The van der Waals surface area contributed by atoms with E-state index in [9.17, 15) is 9.90 Å². The van der Waals surface area contributed by atoms with Crippen LogP contribution in [-0.2, 0) is 0 Å². The number of hydrogen-bond donors (Lipinski definition) is 3. The lowest BCUT2D eigenvalue weighted by Gasteiger charge is -2.29. The highest BCUT2D eigenvalue weighted by Gasteiger charge is 2.25. The first-order valence-electron chi connectivity index (χ1n) is 6.36. The largest absolute Gasteiger partial charge is 0.504 e. The molecule has 1 aromatic rings. The fourth-order valence-electron chi connectivity index (χ4n) is 1.86. The van der Waals surface area contributed by atoms with Crippen LogP contribution in [0.4, 0.5) is 0 Å². The van der Waals surface area contributed by atoms with Crippen LogP contribution in [0.1, 0.15) is 37.0 Å². The molecule has 1 atom stereocenters. The first-order valence-corrected chi connectivity index (χ1v) is 6.36. The Morgan fingerprint density at radius 2 is 2.21 bits per heavy atom. The number of phenols is 1. The number of ether oxygens (including phenoxy) is 1. The maximum absolute atomic E-state index is 12.2. The van der Waals surface area contributed by atoms with Crippen molar-refractivity contribution in [3.63, 3.8) is 0 Å². The molecule has 106 valence electrons. The highest BCUT2D eigenvalue weighted by Crippen LogP contribution is 2.29. The second-order valence-electron chi connectivity index (χ2n) is 4.76. The monoisotopic (exact) mass is 266 g/mol. The molecule has 0 spiro atoms. The Morgan fingerprint density at radius 3 is 2.74 bits per heavy atom. The summed E-state index contributed by atoms with van der Waals surface area (Å²) < 4.78 is 4.99. The summed E-state index contributed by atoms with van der Waals surface area (Å²) in [5, 5.41) is 12.9. The minimum atomic E-state index is -0.374. The van der Waals surface area contributed by atoms with E-state index in [1.54, 1.807) is 18.2 Å². The third-order valence-electron chi connectivity index (χ3n) is 3.36. The normalized spacial score (nSPS) is 13.7. The molecule has 0 bridgehead atoms. The molecule has 0 heterocycles. The predicted octanol–water partition coefficient (Wildman–Crippen LogP) is 1.65. The summed E-state index contributed by atoms with van der Waals surface area (Å²) in [7, 11) is 1.45. The Hall–Kier alpha value is -1.75. The van der Waals surface area contributed by atoms with E-state index in [1.165, 1.54) is 7.11 Å². The molecule has 0 saturated heterocycles. The summed E-state index contributed by atoms with van der Waals surface area (Å²) in [6, 6.07) is 4.83. The molecule has 4 N–H and O–H groups in total. The quantitative estimate of drug-likeness (QED) is 0.731. The first-order chi connectivity index (χ1) is 8.97. The van der Waals surface area contributed by atoms with Crippen molar-refractivity contribution in [2.24, 2.45) is 5.73 Å². The molecular formula is C14H22N2O3. The molecule has 0 aromatic heterocycles. The van der Waals surface area contributed by atoms with E-state index in [0.29, 0.717) is 13.0 Å². The summed E-state index contributed by atoms with van der Waals surface area (Å²) >= 11 is 0. The molecule has 0 aliphatic carbocycles. The lowest BCUT2D eigenvalue weighted by Crippen LogP contribution is -2.46. The number of carbonyl (C=O) groups is 1. The van der Waals surface area contributed by atoms with Crippen molar-refractivity contribution in [2.75, 3.05) is 13.7 Å². The molecule has 0 aliphatic heterocycles. The number of para-hydroxylation sites is 1. The van der Waals surface area contributed by atoms with Gasteiger partial charge in [-0.3, -0.25) is 4.79 Å². The summed E-state index contributed by atoms with van der Waals surface area (Å²) in [4.78, 5) is 12.2. The van der Waals surface area contributed by atoms with Crippen molar-refractivity contribution >= 4 is 5.91 Å². The Balaban J connectivity index is 2.95. The fraction of sp³-hybridized carbons (Fsp3) is 0.500. The minimum Gasteiger partial charge on any atom is -0.504 e. The lowest BCUT2D eigenvalue weighted by molar-refractivity contribution is 0.0896. The number of methoxy groups -OCH3 is 1. The summed E-state index contributed by atoms with van der Waals surface area (Å²) in [6.07, 6.45) is 1.45. The van der Waals surface area contributed by atoms with Gasteiger partial charge in [0, 0.05) is 5.54 Å². The van der Waals surface area contributed by atoms with Gasteiger partial charge in [-0.15, -0.1) is 0 Å². The van der Waals surface area contributed by atoms with Gasteiger partial charge in [0.25, 0.3) is 5.91 Å². The number of carbonyl (C=O) groups excluding carboxylic acids is 1. The van der Waals surface area contributed by atoms with Gasteiger partial charge in [0.05, 0.1) is 12.7 Å². The molecule has 0 aliphatic rings. The van der Waals surface area contributed by atoms with Gasteiger partial charge in [-0.1, -0.05) is 13.0 Å². The van der Waals surface area contributed by atoms with Gasteiger partial charge in [0.2, 0.25) is 0 Å². The average molecular weight is 266 g/mol. The third kappa shape index (κ3) is 3.61. The van der Waals surface area contributed by atoms with Crippen molar-refractivity contribution in [3.05, 3.63) is 23.8 Å². The van der Waals surface area contributed by atoms with E-state index < -0.39 is 0 Å². The van der Waals surface area contributed by atoms with Crippen LogP contribution in [0.3, 0.4) is 0 Å². The van der Waals surface area contributed by atoms with Crippen molar-refractivity contribution in [1.29, 1.82) is 0 Å². The standard InChI is InChI=1S/C14H22N2O3/c1-4-14(2,8-9-15)16-13(18)10-6-5-7-11(19-3)12(10)17/h5-7,17H,4,8-9,15H2,1-3H3,(H,16,18). The molecular weight excluding hydrogens is 244 g/mol. The minimum absolute atomic E-state index is 0.145. The first kappa shape index (κ1) is 15.3. The fourth-order valence-corrected chi connectivity index (χ4v) is 1.86. The number of aromatic hydroxyl groups is 1. The van der Waals surface area contributed by atoms with Crippen molar-refractivity contribution < 1.29 is 14.6 Å². The zero-order valence-electron chi connectivity index (χ0n) is 11.7. The van der Waals surface area contributed by atoms with Gasteiger partial charge in [-0.05, 0) is 38.4 Å². The smallest absolute Gasteiger partial charge is 0.255 e. The second kappa shape index (κ2) is 6.43. The van der Waals surface area contributed by atoms with E-state index in [0.717, 1.165) is 6.42 Å².